The van der Waals surface area contributed by atoms with E-state index in [1.807, 2.05) is 42.5 Å². The highest BCUT2D eigenvalue weighted by Gasteiger charge is 2.29. The summed E-state index contributed by atoms with van der Waals surface area (Å²) in [7, 11) is 0. The number of esters is 1. The van der Waals surface area contributed by atoms with E-state index < -0.39 is 6.10 Å². The number of hydrogen-bond donors (Lipinski definition) is 0. The minimum atomic E-state index is -0.552. The van der Waals surface area contributed by atoms with E-state index >= 15 is 0 Å². The highest BCUT2D eigenvalue weighted by Crippen LogP contribution is 2.35. The van der Waals surface area contributed by atoms with E-state index in [1.165, 1.54) is 13.8 Å². The molecule has 0 fully saturated rings. The third-order valence-electron chi connectivity index (χ3n) is 6.19. The van der Waals surface area contributed by atoms with Gasteiger partial charge in [0.25, 0.3) is 0 Å². The van der Waals surface area contributed by atoms with Crippen LogP contribution in [0.2, 0.25) is 0 Å². The number of rotatable bonds is 8. The van der Waals surface area contributed by atoms with Crippen molar-refractivity contribution in [2.45, 2.75) is 39.5 Å². The van der Waals surface area contributed by atoms with Gasteiger partial charge in [-0.3, -0.25) is 14.5 Å². The molecule has 0 aromatic heterocycles. The van der Waals surface area contributed by atoms with Crippen molar-refractivity contribution in [1.29, 1.82) is 5.26 Å². The van der Waals surface area contributed by atoms with Crippen molar-refractivity contribution >= 4 is 17.6 Å². The minimum Gasteiger partial charge on any atom is -0.456 e. The predicted octanol–water partition coefficient (Wildman–Crippen LogP) is 4.77. The third-order valence-corrected chi connectivity index (χ3v) is 6.19. The Morgan fingerprint density at radius 1 is 1.00 bits per heavy atom. The fourth-order valence-corrected chi connectivity index (χ4v) is 4.67. The van der Waals surface area contributed by atoms with Crippen LogP contribution in [0, 0.1) is 11.3 Å². The molecule has 1 aliphatic rings. The molecule has 0 spiro atoms. The molecule has 0 bridgehead atoms. The Morgan fingerprint density at radius 3 is 2.11 bits per heavy atom. The van der Waals surface area contributed by atoms with Crippen LogP contribution in [0.5, 0.6) is 0 Å². The molecule has 1 atom stereocenters. The SMILES string of the molecule is CC(=O)OC(CN(Cc1ccccc1)Cc1ccccc1)c1cc(C#N)c2c(c1)CCN2C(C)=O. The van der Waals surface area contributed by atoms with Gasteiger partial charge in [-0.2, -0.15) is 5.26 Å². The van der Waals surface area contributed by atoms with Crippen LogP contribution in [-0.4, -0.2) is 29.9 Å². The molecule has 4 rings (SSSR count). The molecule has 1 amide bonds. The van der Waals surface area contributed by atoms with Crippen LogP contribution in [0.4, 0.5) is 5.69 Å². The zero-order valence-electron chi connectivity index (χ0n) is 20.1. The zero-order chi connectivity index (χ0) is 24.8. The summed E-state index contributed by atoms with van der Waals surface area (Å²) in [4.78, 5) is 28.1. The van der Waals surface area contributed by atoms with Crippen LogP contribution in [0.3, 0.4) is 0 Å². The molecule has 178 valence electrons. The van der Waals surface area contributed by atoms with Gasteiger partial charge in [0, 0.05) is 40.0 Å². The lowest BCUT2D eigenvalue weighted by atomic mass is 9.99. The Labute approximate surface area is 206 Å². The Kier molecular flexibility index (Phi) is 7.59. The van der Waals surface area contributed by atoms with Gasteiger partial charge in [-0.05, 0) is 40.8 Å². The average Bonchev–Trinajstić information content (AvgIpc) is 3.28. The van der Waals surface area contributed by atoms with Gasteiger partial charge in [-0.1, -0.05) is 60.7 Å². The Balaban J connectivity index is 1.67. The summed E-state index contributed by atoms with van der Waals surface area (Å²) in [6.45, 7) is 5.29. The monoisotopic (exact) mass is 467 g/mol. The summed E-state index contributed by atoms with van der Waals surface area (Å²) in [5, 5.41) is 9.85. The highest BCUT2D eigenvalue weighted by molar-refractivity contribution is 5.95. The second-order valence-electron chi connectivity index (χ2n) is 8.85. The second-order valence-corrected chi connectivity index (χ2v) is 8.85. The average molecular weight is 468 g/mol. The normalized spacial score (nSPS) is 13.3. The molecule has 1 aliphatic heterocycles. The highest BCUT2D eigenvalue weighted by atomic mass is 16.5. The van der Waals surface area contributed by atoms with Crippen LogP contribution in [0.1, 0.15) is 47.8 Å². The molecule has 6 nitrogen and oxygen atoms in total. The summed E-state index contributed by atoms with van der Waals surface area (Å²) in [5.74, 6) is -0.458. The minimum absolute atomic E-state index is 0.0820. The van der Waals surface area contributed by atoms with Gasteiger partial charge in [0.15, 0.2) is 0 Å². The van der Waals surface area contributed by atoms with E-state index in [9.17, 15) is 14.9 Å². The lowest BCUT2D eigenvalue weighted by Crippen LogP contribution is -2.30. The van der Waals surface area contributed by atoms with Crippen molar-refractivity contribution in [3.8, 4) is 6.07 Å². The predicted molar refractivity (Wildman–Crippen MR) is 134 cm³/mol. The molecule has 1 heterocycles. The molecule has 6 heteroatoms. The first-order valence-corrected chi connectivity index (χ1v) is 11.8. The number of carbonyl (C=O) groups is 2. The summed E-state index contributed by atoms with van der Waals surface area (Å²) < 4.78 is 5.81. The fraction of sp³-hybridized carbons (Fsp3) is 0.276. The number of fused-ring (bicyclic) bond motifs is 1. The Morgan fingerprint density at radius 2 is 1.60 bits per heavy atom. The molecule has 3 aromatic carbocycles. The van der Waals surface area contributed by atoms with E-state index in [1.54, 1.807) is 11.0 Å². The van der Waals surface area contributed by atoms with E-state index in [0.29, 0.717) is 43.9 Å². The molecule has 0 saturated heterocycles. The fourth-order valence-electron chi connectivity index (χ4n) is 4.67. The number of carbonyl (C=O) groups excluding carboxylic acids is 2. The van der Waals surface area contributed by atoms with E-state index in [0.717, 1.165) is 22.3 Å². The quantitative estimate of drug-likeness (QED) is 0.446. The van der Waals surface area contributed by atoms with E-state index in [4.69, 9.17) is 4.74 Å². The number of anilines is 1. The van der Waals surface area contributed by atoms with Crippen molar-refractivity contribution in [3.05, 3.63) is 101 Å². The standard InChI is InChI=1S/C29H29N3O3/c1-21(33)32-14-13-25-15-26(16-27(17-30)29(25)32)28(35-22(2)34)20-31(18-23-9-5-3-6-10-23)19-24-11-7-4-8-12-24/h3-12,15-16,28H,13-14,18-20H2,1-2H3. The number of benzene rings is 3. The van der Waals surface area contributed by atoms with E-state index in [-0.39, 0.29) is 11.9 Å². The third kappa shape index (κ3) is 5.95. The maximum absolute atomic E-state index is 12.1. The van der Waals surface area contributed by atoms with Crippen molar-refractivity contribution in [2.75, 3.05) is 18.0 Å². The van der Waals surface area contributed by atoms with E-state index in [2.05, 4.69) is 35.2 Å². The first kappa shape index (κ1) is 24.2. The molecule has 0 aliphatic carbocycles. The number of hydrogen-bond acceptors (Lipinski definition) is 5. The summed E-state index contributed by atoms with van der Waals surface area (Å²) in [5.41, 5.74) is 5.13. The number of nitriles is 1. The van der Waals surface area contributed by atoms with Gasteiger partial charge in [0.1, 0.15) is 12.2 Å². The van der Waals surface area contributed by atoms with Gasteiger partial charge < -0.3 is 9.64 Å². The van der Waals surface area contributed by atoms with Crippen molar-refractivity contribution < 1.29 is 14.3 Å². The van der Waals surface area contributed by atoms with Gasteiger partial charge in [0.05, 0.1) is 11.3 Å². The lowest BCUT2D eigenvalue weighted by molar-refractivity contribution is -0.147. The zero-order valence-corrected chi connectivity index (χ0v) is 20.1. The first-order valence-electron chi connectivity index (χ1n) is 11.8. The van der Waals surface area contributed by atoms with Gasteiger partial charge in [-0.25, -0.2) is 0 Å². The van der Waals surface area contributed by atoms with Crippen LogP contribution >= 0.6 is 0 Å². The topological polar surface area (TPSA) is 73.6 Å². The smallest absolute Gasteiger partial charge is 0.303 e. The first-order chi connectivity index (χ1) is 16.9. The molecule has 3 aromatic rings. The van der Waals surface area contributed by atoms with Crippen molar-refractivity contribution in [3.63, 3.8) is 0 Å². The Hall–Kier alpha value is -3.95. The largest absolute Gasteiger partial charge is 0.456 e. The number of nitrogens with zero attached hydrogens (tertiary/aromatic N) is 3. The molecule has 1 unspecified atom stereocenters. The molecule has 0 radical (unpaired) electrons. The van der Waals surface area contributed by atoms with Crippen LogP contribution < -0.4 is 4.90 Å². The number of ether oxygens (including phenoxy) is 1. The summed E-state index contributed by atoms with van der Waals surface area (Å²) in [6, 6.07) is 26.4. The van der Waals surface area contributed by atoms with Gasteiger partial charge in [-0.15, -0.1) is 0 Å². The van der Waals surface area contributed by atoms with Gasteiger partial charge >= 0.3 is 5.97 Å². The molecular formula is C29H29N3O3. The van der Waals surface area contributed by atoms with Crippen LogP contribution in [-0.2, 0) is 33.8 Å². The number of amides is 1. The maximum atomic E-state index is 12.1. The molecule has 0 saturated carbocycles. The van der Waals surface area contributed by atoms with Crippen LogP contribution in [0.25, 0.3) is 0 Å². The summed E-state index contributed by atoms with van der Waals surface area (Å²) >= 11 is 0. The molecule has 35 heavy (non-hydrogen) atoms. The van der Waals surface area contributed by atoms with Crippen LogP contribution in [0.15, 0.2) is 72.8 Å². The Bertz CT molecular complexity index is 1190. The van der Waals surface area contributed by atoms with Gasteiger partial charge in [0.2, 0.25) is 5.91 Å². The molecular weight excluding hydrogens is 438 g/mol. The maximum Gasteiger partial charge on any atom is 0.303 e. The second kappa shape index (κ2) is 11.0. The lowest BCUT2D eigenvalue weighted by Gasteiger charge is -2.28. The van der Waals surface area contributed by atoms with Crippen molar-refractivity contribution in [1.82, 2.24) is 4.90 Å². The van der Waals surface area contributed by atoms with Crippen molar-refractivity contribution in [2.24, 2.45) is 0 Å². The molecule has 0 N–H and O–H groups in total. The summed E-state index contributed by atoms with van der Waals surface area (Å²) in [6.07, 6.45) is 0.116.